The van der Waals surface area contributed by atoms with Gasteiger partial charge in [0, 0.05) is 36.2 Å². The molecule has 3 nitrogen and oxygen atoms in total. The minimum Gasteiger partial charge on any atom is -0.315 e. The maximum Gasteiger partial charge on any atom is 0.223 e. The minimum atomic E-state index is -0.240. The average molecular weight is 255 g/mol. The Balaban J connectivity index is 2.25. The van der Waals surface area contributed by atoms with Gasteiger partial charge in [0.25, 0.3) is 0 Å². The number of benzene rings is 1. The van der Waals surface area contributed by atoms with E-state index in [1.165, 1.54) is 0 Å². The number of fused-ring (bicyclic) bond motifs is 3. The zero-order valence-electron chi connectivity index (χ0n) is 11.4. The Morgan fingerprint density at radius 1 is 1.37 bits per heavy atom. The van der Waals surface area contributed by atoms with Crippen molar-refractivity contribution in [3.8, 4) is 0 Å². The van der Waals surface area contributed by atoms with Crippen LogP contribution in [-0.2, 0) is 10.2 Å². The highest BCUT2D eigenvalue weighted by Crippen LogP contribution is 2.49. The van der Waals surface area contributed by atoms with E-state index in [1.807, 2.05) is 24.3 Å². The van der Waals surface area contributed by atoms with E-state index in [0.29, 0.717) is 12.5 Å². The van der Waals surface area contributed by atoms with Crippen molar-refractivity contribution in [2.24, 2.45) is 5.92 Å². The largest absolute Gasteiger partial charge is 0.315 e. The van der Waals surface area contributed by atoms with Gasteiger partial charge in [-0.1, -0.05) is 31.2 Å². The molecule has 0 aromatic heterocycles. The van der Waals surface area contributed by atoms with Crippen LogP contribution in [0.15, 0.2) is 36.0 Å². The van der Waals surface area contributed by atoms with Gasteiger partial charge < -0.3 is 4.90 Å². The van der Waals surface area contributed by atoms with Crippen LogP contribution in [0.3, 0.4) is 0 Å². The molecular formula is C16H17NO2. The number of allylic oxidation sites excluding steroid dienone is 2. The number of nitrogens with zero attached hydrogens (tertiary/aromatic N) is 1. The van der Waals surface area contributed by atoms with E-state index in [-0.39, 0.29) is 17.1 Å². The van der Waals surface area contributed by atoms with E-state index in [2.05, 4.69) is 13.8 Å². The molecule has 1 aromatic carbocycles. The van der Waals surface area contributed by atoms with Crippen molar-refractivity contribution in [3.63, 3.8) is 0 Å². The average Bonchev–Trinajstić information content (AvgIpc) is 2.65. The van der Waals surface area contributed by atoms with Gasteiger partial charge in [-0.25, -0.2) is 0 Å². The van der Waals surface area contributed by atoms with Gasteiger partial charge in [0.15, 0.2) is 5.78 Å². The zero-order chi connectivity index (χ0) is 13.8. The van der Waals surface area contributed by atoms with E-state index in [9.17, 15) is 9.59 Å². The second kappa shape index (κ2) is 3.80. The first-order chi connectivity index (χ1) is 8.96. The van der Waals surface area contributed by atoms with E-state index in [0.717, 1.165) is 16.8 Å². The summed E-state index contributed by atoms with van der Waals surface area (Å²) in [5, 5.41) is 0. The summed E-state index contributed by atoms with van der Waals surface area (Å²) >= 11 is 0. The van der Waals surface area contributed by atoms with E-state index in [4.69, 9.17) is 0 Å². The van der Waals surface area contributed by atoms with Crippen molar-refractivity contribution in [3.05, 3.63) is 47.2 Å². The molecule has 1 fully saturated rings. The molecule has 98 valence electrons. The maximum absolute atomic E-state index is 12.2. The molecule has 2 aliphatic rings. The minimum absolute atomic E-state index is 0.00317. The third-order valence-electron chi connectivity index (χ3n) is 4.66. The highest BCUT2D eigenvalue weighted by molar-refractivity contribution is 6.08. The van der Waals surface area contributed by atoms with Crippen LogP contribution >= 0.6 is 0 Å². The summed E-state index contributed by atoms with van der Waals surface area (Å²) < 4.78 is 0. The van der Waals surface area contributed by atoms with Crippen molar-refractivity contribution in [1.82, 2.24) is 4.90 Å². The highest BCUT2D eigenvalue weighted by Gasteiger charge is 2.50. The van der Waals surface area contributed by atoms with Crippen molar-refractivity contribution in [2.45, 2.75) is 26.2 Å². The summed E-state index contributed by atoms with van der Waals surface area (Å²) in [6, 6.07) is 7.74. The summed E-state index contributed by atoms with van der Waals surface area (Å²) in [7, 11) is 0. The predicted octanol–water partition coefficient (Wildman–Crippen LogP) is 2.52. The molecule has 1 aliphatic heterocycles. The Morgan fingerprint density at radius 2 is 2.05 bits per heavy atom. The molecule has 0 radical (unpaired) electrons. The molecule has 1 unspecified atom stereocenters. The lowest BCUT2D eigenvalue weighted by molar-refractivity contribution is -0.126. The Hall–Kier alpha value is -1.90. The van der Waals surface area contributed by atoms with Crippen LogP contribution in [0.1, 0.15) is 36.7 Å². The number of rotatable bonds is 0. The first-order valence-corrected chi connectivity index (χ1v) is 6.60. The molecule has 19 heavy (non-hydrogen) atoms. The zero-order valence-corrected chi connectivity index (χ0v) is 11.4. The lowest BCUT2D eigenvalue weighted by atomic mass is 9.68. The molecule has 1 heterocycles. The maximum atomic E-state index is 12.2. The van der Waals surface area contributed by atoms with Crippen molar-refractivity contribution in [2.75, 3.05) is 6.54 Å². The standard InChI is InChI=1S/C16H17NO2/c1-10-9-17(11(2)18)15-8-14(19)12-6-4-5-7-13(12)16(10,15)3/h4-8,10H,9H2,1-3H3/t10?,16-/m1/s1. The number of ketones is 1. The van der Waals surface area contributed by atoms with Gasteiger partial charge in [-0.3, -0.25) is 9.59 Å². The molecule has 1 aliphatic carbocycles. The number of carbonyl (C=O) groups is 2. The van der Waals surface area contributed by atoms with Crippen LogP contribution in [0.4, 0.5) is 0 Å². The van der Waals surface area contributed by atoms with Gasteiger partial charge in [0.1, 0.15) is 0 Å². The van der Waals surface area contributed by atoms with Gasteiger partial charge in [0.05, 0.1) is 0 Å². The third-order valence-corrected chi connectivity index (χ3v) is 4.66. The third kappa shape index (κ3) is 1.44. The van der Waals surface area contributed by atoms with Crippen molar-refractivity contribution in [1.29, 1.82) is 0 Å². The van der Waals surface area contributed by atoms with Gasteiger partial charge in [-0.05, 0) is 18.4 Å². The summed E-state index contributed by atoms with van der Waals surface area (Å²) in [4.78, 5) is 25.8. The van der Waals surface area contributed by atoms with E-state index < -0.39 is 0 Å². The van der Waals surface area contributed by atoms with Crippen LogP contribution in [0.5, 0.6) is 0 Å². The lowest BCUT2D eigenvalue weighted by Gasteiger charge is -2.35. The van der Waals surface area contributed by atoms with Crippen molar-refractivity contribution < 1.29 is 9.59 Å². The number of carbonyl (C=O) groups excluding carboxylic acids is 2. The Kier molecular flexibility index (Phi) is 2.43. The lowest BCUT2D eigenvalue weighted by Crippen LogP contribution is -2.35. The van der Waals surface area contributed by atoms with Gasteiger partial charge in [-0.15, -0.1) is 0 Å². The SMILES string of the molecule is CC(=O)N1CC(C)[C@@]2(C)C1=CC(=O)c1ccccc12. The molecule has 1 saturated heterocycles. The molecule has 1 amide bonds. The summed E-state index contributed by atoms with van der Waals surface area (Å²) in [5.74, 6) is 0.314. The fourth-order valence-corrected chi connectivity index (χ4v) is 3.37. The number of hydrogen-bond donors (Lipinski definition) is 0. The molecular weight excluding hydrogens is 238 g/mol. The monoisotopic (exact) mass is 255 g/mol. The predicted molar refractivity (Wildman–Crippen MR) is 72.8 cm³/mol. The quantitative estimate of drug-likeness (QED) is 0.714. The summed E-state index contributed by atoms with van der Waals surface area (Å²) in [6.45, 7) is 6.52. The fourth-order valence-electron chi connectivity index (χ4n) is 3.37. The van der Waals surface area contributed by atoms with Crippen LogP contribution in [0.2, 0.25) is 0 Å². The molecule has 0 spiro atoms. The second-order valence-electron chi connectivity index (χ2n) is 5.67. The number of hydrogen-bond acceptors (Lipinski definition) is 2. The molecule has 3 heteroatoms. The van der Waals surface area contributed by atoms with Crippen LogP contribution in [0, 0.1) is 5.92 Å². The van der Waals surface area contributed by atoms with E-state index >= 15 is 0 Å². The Morgan fingerprint density at radius 3 is 2.74 bits per heavy atom. The molecule has 3 rings (SSSR count). The van der Waals surface area contributed by atoms with Gasteiger partial charge in [-0.2, -0.15) is 0 Å². The van der Waals surface area contributed by atoms with Crippen molar-refractivity contribution >= 4 is 11.7 Å². The first kappa shape index (κ1) is 12.2. The van der Waals surface area contributed by atoms with Crippen LogP contribution in [-0.4, -0.2) is 23.1 Å². The summed E-state index contributed by atoms with van der Waals surface area (Å²) in [5.41, 5.74) is 2.44. The van der Waals surface area contributed by atoms with Gasteiger partial charge in [0.2, 0.25) is 5.91 Å². The number of likely N-dealkylation sites (tertiary alicyclic amines) is 1. The number of amides is 1. The molecule has 0 saturated carbocycles. The van der Waals surface area contributed by atoms with E-state index in [1.54, 1.807) is 17.9 Å². The molecule has 0 N–H and O–H groups in total. The van der Waals surface area contributed by atoms with Crippen LogP contribution < -0.4 is 0 Å². The highest BCUT2D eigenvalue weighted by atomic mass is 16.2. The first-order valence-electron chi connectivity index (χ1n) is 6.60. The smallest absolute Gasteiger partial charge is 0.223 e. The Bertz CT molecular complexity index is 617. The van der Waals surface area contributed by atoms with Gasteiger partial charge >= 0.3 is 0 Å². The second-order valence-corrected chi connectivity index (χ2v) is 5.67. The Labute approximate surface area is 112 Å². The topological polar surface area (TPSA) is 37.4 Å². The molecule has 2 atom stereocenters. The summed E-state index contributed by atoms with van der Waals surface area (Å²) in [6.07, 6.45) is 1.65. The normalized spacial score (nSPS) is 28.8. The molecule has 1 aromatic rings. The molecule has 0 bridgehead atoms. The fraction of sp³-hybridized carbons (Fsp3) is 0.375. The van der Waals surface area contributed by atoms with Crippen LogP contribution in [0.25, 0.3) is 0 Å².